The van der Waals surface area contributed by atoms with Crippen molar-refractivity contribution in [1.29, 1.82) is 0 Å². The van der Waals surface area contributed by atoms with Crippen LogP contribution in [0.2, 0.25) is 0 Å². The third-order valence-electron chi connectivity index (χ3n) is 3.63. The van der Waals surface area contributed by atoms with Crippen molar-refractivity contribution in [2.75, 3.05) is 12.4 Å². The van der Waals surface area contributed by atoms with E-state index in [9.17, 15) is 9.18 Å². The molecule has 3 nitrogen and oxygen atoms in total. The summed E-state index contributed by atoms with van der Waals surface area (Å²) in [4.78, 5) is 14.0. The van der Waals surface area contributed by atoms with Crippen molar-refractivity contribution in [1.82, 2.24) is 0 Å². The van der Waals surface area contributed by atoms with Gasteiger partial charge < -0.3 is 10.1 Å². The van der Waals surface area contributed by atoms with Gasteiger partial charge in [-0.25, -0.2) is 4.39 Å². The predicted molar refractivity (Wildman–Crippen MR) is 95.4 cm³/mol. The van der Waals surface area contributed by atoms with Gasteiger partial charge in [0.05, 0.1) is 12.0 Å². The summed E-state index contributed by atoms with van der Waals surface area (Å²) in [5, 5.41) is 2.72. The number of aryl methyl sites for hydroxylation is 1. The normalized spacial score (nSPS) is 10.5. The van der Waals surface area contributed by atoms with Gasteiger partial charge in [0.2, 0.25) is 0 Å². The van der Waals surface area contributed by atoms with Crippen LogP contribution in [0.5, 0.6) is 5.75 Å². The predicted octanol–water partition coefficient (Wildman–Crippen LogP) is 5.12. The summed E-state index contributed by atoms with van der Waals surface area (Å²) < 4.78 is 18.4. The van der Waals surface area contributed by atoms with Crippen LogP contribution in [0.15, 0.2) is 54.6 Å². The SMILES string of the molecule is COc1ccc(-c2cc(C(=O)Nc3cccc(F)c3)sc2C)cc1. The number of halogens is 1. The van der Waals surface area contributed by atoms with Crippen molar-refractivity contribution < 1.29 is 13.9 Å². The van der Waals surface area contributed by atoms with Crippen molar-refractivity contribution in [3.63, 3.8) is 0 Å². The lowest BCUT2D eigenvalue weighted by atomic mass is 10.1. The minimum absolute atomic E-state index is 0.242. The molecule has 0 aliphatic rings. The number of carbonyl (C=O) groups excluding carboxylic acids is 1. The molecule has 3 aromatic rings. The Morgan fingerprint density at radius 1 is 1.12 bits per heavy atom. The van der Waals surface area contributed by atoms with Crippen molar-refractivity contribution in [3.8, 4) is 16.9 Å². The smallest absolute Gasteiger partial charge is 0.265 e. The van der Waals surface area contributed by atoms with Gasteiger partial charge in [0, 0.05) is 10.6 Å². The zero-order valence-electron chi connectivity index (χ0n) is 13.3. The molecule has 0 fully saturated rings. The summed E-state index contributed by atoms with van der Waals surface area (Å²) in [5.41, 5.74) is 2.47. The highest BCUT2D eigenvalue weighted by Crippen LogP contribution is 2.32. The number of hydrogen-bond donors (Lipinski definition) is 1. The first kappa shape index (κ1) is 16.2. The summed E-state index contributed by atoms with van der Waals surface area (Å²) >= 11 is 1.41. The number of benzene rings is 2. The average Bonchev–Trinajstić information content (AvgIpc) is 2.97. The zero-order chi connectivity index (χ0) is 17.1. The van der Waals surface area contributed by atoms with E-state index >= 15 is 0 Å². The number of rotatable bonds is 4. The number of anilines is 1. The second-order valence-corrected chi connectivity index (χ2v) is 6.53. The second kappa shape index (κ2) is 6.84. The quantitative estimate of drug-likeness (QED) is 0.715. The Morgan fingerprint density at radius 3 is 2.54 bits per heavy atom. The van der Waals surface area contributed by atoms with Crippen LogP contribution < -0.4 is 10.1 Å². The standard InChI is InChI=1S/C19H16FNO2S/c1-12-17(13-6-8-16(23-2)9-7-13)11-18(24-12)19(22)21-15-5-3-4-14(20)10-15/h3-11H,1-2H3,(H,21,22). The highest BCUT2D eigenvalue weighted by Gasteiger charge is 2.14. The fraction of sp³-hybridized carbons (Fsp3) is 0.105. The molecule has 0 spiro atoms. The van der Waals surface area contributed by atoms with Gasteiger partial charge >= 0.3 is 0 Å². The van der Waals surface area contributed by atoms with Crippen LogP contribution in [0, 0.1) is 12.7 Å². The van der Waals surface area contributed by atoms with Crippen LogP contribution in [-0.2, 0) is 0 Å². The zero-order valence-corrected chi connectivity index (χ0v) is 14.1. The van der Waals surface area contributed by atoms with Crippen LogP contribution in [-0.4, -0.2) is 13.0 Å². The van der Waals surface area contributed by atoms with E-state index in [0.717, 1.165) is 21.8 Å². The number of amides is 1. The molecule has 0 radical (unpaired) electrons. The monoisotopic (exact) mass is 341 g/mol. The maximum absolute atomic E-state index is 13.2. The number of methoxy groups -OCH3 is 1. The molecule has 1 N–H and O–H groups in total. The van der Waals surface area contributed by atoms with E-state index in [1.165, 1.54) is 23.5 Å². The van der Waals surface area contributed by atoms with E-state index in [1.807, 2.05) is 37.3 Å². The van der Waals surface area contributed by atoms with Gasteiger partial charge in [0.1, 0.15) is 11.6 Å². The van der Waals surface area contributed by atoms with Gasteiger partial charge in [-0.3, -0.25) is 4.79 Å². The largest absolute Gasteiger partial charge is 0.497 e. The molecule has 0 saturated carbocycles. The second-order valence-electron chi connectivity index (χ2n) is 5.27. The lowest BCUT2D eigenvalue weighted by Crippen LogP contribution is -2.10. The molecule has 1 aromatic heterocycles. The molecule has 0 aliphatic heterocycles. The van der Waals surface area contributed by atoms with Crippen molar-refractivity contribution in [2.24, 2.45) is 0 Å². The number of nitrogens with one attached hydrogen (secondary N) is 1. The summed E-state index contributed by atoms with van der Waals surface area (Å²) in [5.74, 6) is 0.165. The minimum Gasteiger partial charge on any atom is -0.497 e. The molecule has 0 aliphatic carbocycles. The molecule has 24 heavy (non-hydrogen) atoms. The van der Waals surface area contributed by atoms with Gasteiger partial charge in [0.15, 0.2) is 0 Å². The molecule has 5 heteroatoms. The molecule has 0 unspecified atom stereocenters. The van der Waals surface area contributed by atoms with Gasteiger partial charge in [0.25, 0.3) is 5.91 Å². The molecule has 1 heterocycles. The van der Waals surface area contributed by atoms with Crippen LogP contribution >= 0.6 is 11.3 Å². The lowest BCUT2D eigenvalue weighted by Gasteiger charge is -2.03. The Labute approximate surface area is 143 Å². The number of carbonyl (C=O) groups is 1. The molecular formula is C19H16FNO2S. The molecular weight excluding hydrogens is 325 g/mol. The number of ether oxygens (including phenoxy) is 1. The Hall–Kier alpha value is -2.66. The van der Waals surface area contributed by atoms with E-state index < -0.39 is 0 Å². The fourth-order valence-corrected chi connectivity index (χ4v) is 3.35. The maximum atomic E-state index is 13.2. The third kappa shape index (κ3) is 3.46. The Balaban J connectivity index is 1.83. The van der Waals surface area contributed by atoms with E-state index in [2.05, 4.69) is 5.32 Å². The average molecular weight is 341 g/mol. The molecule has 122 valence electrons. The molecule has 1 amide bonds. The Kier molecular flexibility index (Phi) is 4.62. The minimum atomic E-state index is -0.380. The Morgan fingerprint density at radius 2 is 1.88 bits per heavy atom. The van der Waals surface area contributed by atoms with Crippen molar-refractivity contribution in [2.45, 2.75) is 6.92 Å². The fourth-order valence-electron chi connectivity index (χ4n) is 2.41. The summed E-state index contributed by atoms with van der Waals surface area (Å²) in [6.07, 6.45) is 0. The molecule has 0 saturated heterocycles. The van der Waals surface area contributed by atoms with Gasteiger partial charge in [-0.15, -0.1) is 11.3 Å². The van der Waals surface area contributed by atoms with Crippen molar-refractivity contribution >= 4 is 22.9 Å². The molecule has 0 atom stereocenters. The highest BCUT2D eigenvalue weighted by molar-refractivity contribution is 7.14. The van der Waals surface area contributed by atoms with E-state index in [0.29, 0.717) is 10.6 Å². The van der Waals surface area contributed by atoms with Crippen LogP contribution in [0.25, 0.3) is 11.1 Å². The van der Waals surface area contributed by atoms with E-state index in [-0.39, 0.29) is 11.7 Å². The molecule has 2 aromatic carbocycles. The molecule has 3 rings (SSSR count). The number of thiophene rings is 1. The highest BCUT2D eigenvalue weighted by atomic mass is 32.1. The third-order valence-corrected chi connectivity index (χ3v) is 4.67. The summed E-state index contributed by atoms with van der Waals surface area (Å²) in [6, 6.07) is 15.4. The van der Waals surface area contributed by atoms with Gasteiger partial charge in [-0.2, -0.15) is 0 Å². The van der Waals surface area contributed by atoms with Crippen LogP contribution in [0.4, 0.5) is 10.1 Å². The van der Waals surface area contributed by atoms with Gasteiger partial charge in [-0.05, 0) is 54.4 Å². The van der Waals surface area contributed by atoms with Gasteiger partial charge in [-0.1, -0.05) is 18.2 Å². The summed E-state index contributed by atoms with van der Waals surface area (Å²) in [7, 11) is 1.62. The lowest BCUT2D eigenvalue weighted by molar-refractivity contribution is 0.103. The maximum Gasteiger partial charge on any atom is 0.265 e. The Bertz CT molecular complexity index is 871. The first-order valence-corrected chi connectivity index (χ1v) is 8.20. The van der Waals surface area contributed by atoms with Crippen molar-refractivity contribution in [3.05, 3.63) is 70.2 Å². The molecule has 0 bridgehead atoms. The van der Waals surface area contributed by atoms with Crippen LogP contribution in [0.3, 0.4) is 0 Å². The first-order valence-electron chi connectivity index (χ1n) is 7.38. The van der Waals surface area contributed by atoms with Crippen LogP contribution in [0.1, 0.15) is 14.5 Å². The van der Waals surface area contributed by atoms with E-state index in [4.69, 9.17) is 4.74 Å². The summed E-state index contributed by atoms with van der Waals surface area (Å²) in [6.45, 7) is 1.98. The topological polar surface area (TPSA) is 38.3 Å². The van der Waals surface area contributed by atoms with E-state index in [1.54, 1.807) is 19.2 Å². The first-order chi connectivity index (χ1) is 11.6. The number of hydrogen-bond acceptors (Lipinski definition) is 3.